The molecule has 0 saturated carbocycles. The summed E-state index contributed by atoms with van der Waals surface area (Å²) in [5, 5.41) is 8.63. The molecule has 0 unspecified atom stereocenters. The zero-order chi connectivity index (χ0) is 22.5. The third-order valence-corrected chi connectivity index (χ3v) is 3.26. The second kappa shape index (κ2) is 12.6. The molecule has 0 fully saturated rings. The number of carboxylic acids is 1. The Morgan fingerprint density at radius 2 is 0.967 bits per heavy atom. The summed E-state index contributed by atoms with van der Waals surface area (Å²) in [7, 11) is 0. The monoisotopic (exact) mass is 418 g/mol. The minimum atomic E-state index is -1.12. The molecule has 0 aromatic carbocycles. The van der Waals surface area contributed by atoms with Crippen LogP contribution in [0.3, 0.4) is 0 Å². The summed E-state index contributed by atoms with van der Waals surface area (Å²) in [6, 6.07) is 2.64. The van der Waals surface area contributed by atoms with Crippen LogP contribution in [0, 0.1) is 0 Å². The molecule has 0 amide bonds. The van der Waals surface area contributed by atoms with Crippen molar-refractivity contribution in [1.82, 2.24) is 9.97 Å². The van der Waals surface area contributed by atoms with Crippen molar-refractivity contribution >= 4 is 23.9 Å². The molecule has 0 aliphatic carbocycles. The maximum atomic E-state index is 11.4. The average Bonchev–Trinajstić information content (AvgIpc) is 2.75. The number of carbonyl (C=O) groups is 4. The molecule has 0 saturated heterocycles. The first-order valence-corrected chi connectivity index (χ1v) is 8.98. The maximum Gasteiger partial charge on any atom is 0.339 e. The zero-order valence-electron chi connectivity index (χ0n) is 16.8. The molecule has 0 atom stereocenters. The topological polar surface area (TPSA) is 142 Å². The lowest BCUT2D eigenvalue weighted by molar-refractivity contribution is 0.0511. The number of hydrogen-bond acceptors (Lipinski definition) is 9. The first-order chi connectivity index (χ1) is 14.3. The van der Waals surface area contributed by atoms with Gasteiger partial charge in [0.25, 0.3) is 0 Å². The molecule has 0 spiro atoms. The van der Waals surface area contributed by atoms with Gasteiger partial charge in [0.2, 0.25) is 0 Å². The van der Waals surface area contributed by atoms with Crippen LogP contribution >= 0.6 is 0 Å². The molecule has 2 aromatic rings. The summed E-state index contributed by atoms with van der Waals surface area (Å²) in [5.74, 6) is -2.69. The summed E-state index contributed by atoms with van der Waals surface area (Å²) in [6.07, 6.45) is 5.14. The van der Waals surface area contributed by atoms with Gasteiger partial charge in [-0.1, -0.05) is 0 Å². The molecule has 0 aliphatic heterocycles. The van der Waals surface area contributed by atoms with Gasteiger partial charge < -0.3 is 19.3 Å². The van der Waals surface area contributed by atoms with Crippen molar-refractivity contribution in [3.8, 4) is 0 Å². The lowest BCUT2D eigenvalue weighted by atomic mass is 10.2. The summed E-state index contributed by atoms with van der Waals surface area (Å²) < 4.78 is 14.3. The molecule has 2 aromatic heterocycles. The molecule has 30 heavy (non-hydrogen) atoms. The quantitative estimate of drug-likeness (QED) is 0.526. The number of nitrogens with zero attached hydrogens (tertiary/aromatic N) is 2. The van der Waals surface area contributed by atoms with Gasteiger partial charge in [0.15, 0.2) is 0 Å². The molecule has 0 aliphatic rings. The van der Waals surface area contributed by atoms with Gasteiger partial charge in [0.1, 0.15) is 0 Å². The molecule has 2 heterocycles. The van der Waals surface area contributed by atoms with E-state index in [1.807, 2.05) is 0 Å². The summed E-state index contributed by atoms with van der Waals surface area (Å²) in [6.45, 7) is 5.90. The van der Waals surface area contributed by atoms with Crippen LogP contribution in [0.25, 0.3) is 0 Å². The van der Waals surface area contributed by atoms with E-state index in [1.54, 1.807) is 20.8 Å². The van der Waals surface area contributed by atoms with E-state index in [0.717, 1.165) is 0 Å². The Bertz CT molecular complexity index is 865. The number of carbonyl (C=O) groups excluding carboxylic acids is 3. The highest BCUT2D eigenvalue weighted by Gasteiger charge is 2.12. The lowest BCUT2D eigenvalue weighted by Gasteiger charge is -2.04. The van der Waals surface area contributed by atoms with Crippen LogP contribution in [0.4, 0.5) is 0 Å². The second-order valence-corrected chi connectivity index (χ2v) is 5.39. The van der Waals surface area contributed by atoms with Crippen LogP contribution in [0.1, 0.15) is 62.2 Å². The molecule has 2 rings (SSSR count). The highest BCUT2D eigenvalue weighted by Crippen LogP contribution is 2.06. The Morgan fingerprint density at radius 3 is 1.27 bits per heavy atom. The minimum Gasteiger partial charge on any atom is -0.478 e. The first-order valence-electron chi connectivity index (χ1n) is 8.98. The summed E-state index contributed by atoms with van der Waals surface area (Å²) in [4.78, 5) is 51.8. The molecule has 10 heteroatoms. The van der Waals surface area contributed by atoms with Crippen LogP contribution in [-0.4, -0.2) is 58.8 Å². The molecule has 0 bridgehead atoms. The normalized spacial score (nSPS) is 9.57. The summed E-state index contributed by atoms with van der Waals surface area (Å²) in [5.41, 5.74) is 0.599. The fourth-order valence-electron chi connectivity index (χ4n) is 1.98. The van der Waals surface area contributed by atoms with Crippen LogP contribution in [0.2, 0.25) is 0 Å². The first kappa shape index (κ1) is 24.2. The Morgan fingerprint density at radius 1 is 0.667 bits per heavy atom. The van der Waals surface area contributed by atoms with Crippen LogP contribution in [-0.2, 0) is 14.2 Å². The third-order valence-electron chi connectivity index (χ3n) is 3.26. The van der Waals surface area contributed by atoms with Gasteiger partial charge in [-0.15, -0.1) is 0 Å². The van der Waals surface area contributed by atoms with Crippen molar-refractivity contribution in [2.75, 3.05) is 19.8 Å². The Hall–Kier alpha value is -3.82. The van der Waals surface area contributed by atoms with Gasteiger partial charge in [-0.2, -0.15) is 0 Å². The number of esters is 3. The third kappa shape index (κ3) is 7.66. The number of carboxylic acid groups (broad SMARTS) is 1. The Kier molecular flexibility index (Phi) is 10.2. The minimum absolute atomic E-state index is 0.0319. The van der Waals surface area contributed by atoms with Crippen molar-refractivity contribution in [2.24, 2.45) is 0 Å². The van der Waals surface area contributed by atoms with E-state index in [9.17, 15) is 19.2 Å². The summed E-state index contributed by atoms with van der Waals surface area (Å²) >= 11 is 0. The number of aromatic nitrogens is 2. The lowest BCUT2D eigenvalue weighted by Crippen LogP contribution is -2.09. The molecule has 160 valence electrons. The molecular formula is C20H22N2O8. The van der Waals surface area contributed by atoms with E-state index in [1.165, 1.54) is 36.9 Å². The highest BCUT2D eigenvalue weighted by molar-refractivity contribution is 5.95. The SMILES string of the molecule is CCOC(=O)c1cncc(C(=O)O)c1.CCOC(=O)c1cncc(C(=O)OCC)c1. The number of ether oxygens (including phenoxy) is 3. The Balaban J connectivity index is 0.000000303. The van der Waals surface area contributed by atoms with Crippen LogP contribution in [0.15, 0.2) is 36.9 Å². The van der Waals surface area contributed by atoms with E-state index in [2.05, 4.69) is 9.97 Å². The van der Waals surface area contributed by atoms with Crippen LogP contribution in [0.5, 0.6) is 0 Å². The fourth-order valence-corrected chi connectivity index (χ4v) is 1.98. The standard InChI is InChI=1S/C11H13NO4.C9H9NO4/c1-3-15-10(13)8-5-9(7-12-6-8)11(14)16-4-2;1-2-14-9(13)7-3-6(8(11)12)4-10-5-7/h5-7H,3-4H2,1-2H3;3-5H,2H2,1H3,(H,11,12). The molecular weight excluding hydrogens is 396 g/mol. The van der Waals surface area contributed by atoms with Crippen molar-refractivity contribution in [1.29, 1.82) is 0 Å². The smallest absolute Gasteiger partial charge is 0.339 e. The van der Waals surface area contributed by atoms with E-state index in [0.29, 0.717) is 0 Å². The van der Waals surface area contributed by atoms with Crippen molar-refractivity contribution < 1.29 is 38.5 Å². The van der Waals surface area contributed by atoms with E-state index >= 15 is 0 Å². The highest BCUT2D eigenvalue weighted by atomic mass is 16.5. The number of rotatable bonds is 7. The maximum absolute atomic E-state index is 11.4. The van der Waals surface area contributed by atoms with E-state index in [-0.39, 0.29) is 42.1 Å². The van der Waals surface area contributed by atoms with Crippen molar-refractivity contribution in [3.05, 3.63) is 59.2 Å². The average molecular weight is 418 g/mol. The number of hydrogen-bond donors (Lipinski definition) is 1. The second-order valence-electron chi connectivity index (χ2n) is 5.39. The molecule has 1 N–H and O–H groups in total. The number of pyridine rings is 2. The van der Waals surface area contributed by atoms with Gasteiger partial charge in [0, 0.05) is 24.8 Å². The van der Waals surface area contributed by atoms with Gasteiger partial charge in [-0.25, -0.2) is 19.2 Å². The van der Waals surface area contributed by atoms with Crippen LogP contribution < -0.4 is 0 Å². The van der Waals surface area contributed by atoms with E-state index < -0.39 is 23.9 Å². The van der Waals surface area contributed by atoms with Gasteiger partial charge in [0.05, 0.1) is 42.1 Å². The van der Waals surface area contributed by atoms with Gasteiger partial charge in [-0.05, 0) is 32.9 Å². The largest absolute Gasteiger partial charge is 0.478 e. The number of aromatic carboxylic acids is 1. The van der Waals surface area contributed by atoms with Gasteiger partial charge >= 0.3 is 23.9 Å². The zero-order valence-corrected chi connectivity index (χ0v) is 16.8. The predicted molar refractivity (Wildman–Crippen MR) is 103 cm³/mol. The van der Waals surface area contributed by atoms with E-state index in [4.69, 9.17) is 19.3 Å². The molecule has 0 radical (unpaired) electrons. The Labute approximate surface area is 172 Å². The molecule has 10 nitrogen and oxygen atoms in total. The predicted octanol–water partition coefficient (Wildman–Crippen LogP) is 2.39. The van der Waals surface area contributed by atoms with Gasteiger partial charge in [-0.3, -0.25) is 9.97 Å². The van der Waals surface area contributed by atoms with Crippen molar-refractivity contribution in [2.45, 2.75) is 20.8 Å². The fraction of sp³-hybridized carbons (Fsp3) is 0.300. The van der Waals surface area contributed by atoms with Crippen molar-refractivity contribution in [3.63, 3.8) is 0 Å².